The number of halogens is 3. The molecule has 3 rings (SSSR count). The normalized spacial score (nSPS) is 11.6. The molecule has 0 saturated heterocycles. The number of nitrogens with zero attached hydrogens (tertiary/aromatic N) is 2. The van der Waals surface area contributed by atoms with Gasteiger partial charge in [0.15, 0.2) is 0 Å². The number of amides is 2. The molecule has 3 aromatic rings. The topological polar surface area (TPSA) is 65.6 Å². The van der Waals surface area contributed by atoms with Gasteiger partial charge in [0, 0.05) is 56.9 Å². The minimum Gasteiger partial charge on any atom is -0.385 e. The van der Waals surface area contributed by atoms with Gasteiger partial charge in [0.1, 0.15) is 0 Å². The fourth-order valence-corrected chi connectivity index (χ4v) is 4.54. The fourth-order valence-electron chi connectivity index (χ4n) is 4.54. The van der Waals surface area contributed by atoms with Crippen LogP contribution in [0.15, 0.2) is 54.7 Å². The van der Waals surface area contributed by atoms with Crippen LogP contribution in [0.3, 0.4) is 0 Å². The number of unbranched alkanes of at least 4 members (excludes halogenated alkanes) is 2. The molecule has 1 aromatic heterocycles. The first-order valence-electron chi connectivity index (χ1n) is 13.5. The van der Waals surface area contributed by atoms with Gasteiger partial charge in [-0.25, -0.2) is 0 Å². The Kier molecular flexibility index (Phi) is 11.4. The number of methoxy groups -OCH3 is 1. The summed E-state index contributed by atoms with van der Waals surface area (Å²) in [6.07, 6.45) is 1.73. The predicted molar refractivity (Wildman–Crippen MR) is 146 cm³/mol. The Morgan fingerprint density at radius 2 is 1.67 bits per heavy atom. The van der Waals surface area contributed by atoms with Gasteiger partial charge in [-0.2, -0.15) is 13.2 Å². The van der Waals surface area contributed by atoms with Crippen molar-refractivity contribution in [2.45, 2.75) is 58.2 Å². The van der Waals surface area contributed by atoms with E-state index in [-0.39, 0.29) is 24.9 Å². The number of fused-ring (bicyclic) bond motifs is 1. The molecule has 0 fully saturated rings. The molecular weight excluding hydrogens is 507 g/mol. The summed E-state index contributed by atoms with van der Waals surface area (Å²) in [5.74, 6) is -0.310. The molecule has 0 bridgehead atoms. The number of carbonyl (C=O) groups is 2. The highest BCUT2D eigenvalue weighted by molar-refractivity contribution is 5.85. The molecule has 0 aliphatic heterocycles. The van der Waals surface area contributed by atoms with E-state index in [1.54, 1.807) is 16.9 Å². The zero-order valence-electron chi connectivity index (χ0n) is 22.7. The van der Waals surface area contributed by atoms with Crippen molar-refractivity contribution in [2.24, 2.45) is 0 Å². The van der Waals surface area contributed by atoms with E-state index in [9.17, 15) is 22.8 Å². The molecule has 2 aromatic carbocycles. The van der Waals surface area contributed by atoms with Gasteiger partial charge in [-0.1, -0.05) is 50.1 Å². The number of aromatic nitrogens is 1. The number of alkyl halides is 3. The van der Waals surface area contributed by atoms with Crippen molar-refractivity contribution in [1.29, 1.82) is 0 Å². The quantitative estimate of drug-likeness (QED) is 0.231. The van der Waals surface area contributed by atoms with Crippen molar-refractivity contribution in [1.82, 2.24) is 14.8 Å². The van der Waals surface area contributed by atoms with E-state index in [0.717, 1.165) is 47.9 Å². The molecule has 0 aliphatic carbocycles. The summed E-state index contributed by atoms with van der Waals surface area (Å²) >= 11 is 0. The van der Waals surface area contributed by atoms with Gasteiger partial charge in [0.25, 0.3) is 0 Å². The lowest BCUT2D eigenvalue weighted by Crippen LogP contribution is -2.44. The van der Waals surface area contributed by atoms with Crippen LogP contribution in [-0.4, -0.2) is 59.9 Å². The molecule has 0 unspecified atom stereocenters. The molecule has 6 nitrogen and oxygen atoms in total. The number of carbonyl (C=O) groups excluding carboxylic acids is 2. The summed E-state index contributed by atoms with van der Waals surface area (Å²) in [4.78, 5) is 33.0. The highest BCUT2D eigenvalue weighted by Gasteiger charge is 2.30. The van der Waals surface area contributed by atoms with E-state index >= 15 is 0 Å². The van der Waals surface area contributed by atoms with Gasteiger partial charge in [-0.15, -0.1) is 0 Å². The van der Waals surface area contributed by atoms with Crippen LogP contribution in [0.25, 0.3) is 10.9 Å². The average molecular weight is 546 g/mol. The third-order valence-electron chi connectivity index (χ3n) is 6.78. The van der Waals surface area contributed by atoms with Gasteiger partial charge < -0.3 is 19.5 Å². The van der Waals surface area contributed by atoms with E-state index in [4.69, 9.17) is 4.74 Å². The zero-order chi connectivity index (χ0) is 28.3. The van der Waals surface area contributed by atoms with Crippen LogP contribution in [0.1, 0.15) is 55.7 Å². The summed E-state index contributed by atoms with van der Waals surface area (Å²) < 4.78 is 44.3. The van der Waals surface area contributed by atoms with Crippen molar-refractivity contribution in [2.75, 3.05) is 33.4 Å². The van der Waals surface area contributed by atoms with Crippen molar-refractivity contribution < 1.29 is 27.5 Å². The van der Waals surface area contributed by atoms with Crippen LogP contribution in [0, 0.1) is 0 Å². The Morgan fingerprint density at radius 3 is 2.36 bits per heavy atom. The molecule has 1 N–H and O–H groups in total. The number of hydrogen-bond donors (Lipinski definition) is 1. The number of para-hydroxylation sites is 1. The molecule has 0 spiro atoms. The number of ether oxygens (including phenoxy) is 1. The largest absolute Gasteiger partial charge is 0.416 e. The van der Waals surface area contributed by atoms with E-state index in [1.807, 2.05) is 30.5 Å². The minimum absolute atomic E-state index is 0.0704. The number of aromatic amines is 1. The molecule has 9 heteroatoms. The first kappa shape index (κ1) is 30.2. The number of nitrogens with one attached hydrogen (secondary N) is 1. The zero-order valence-corrected chi connectivity index (χ0v) is 22.7. The van der Waals surface area contributed by atoms with Crippen LogP contribution in [-0.2, 0) is 33.5 Å². The highest BCUT2D eigenvalue weighted by atomic mass is 19.4. The summed E-state index contributed by atoms with van der Waals surface area (Å²) in [6.45, 7) is 3.37. The maximum Gasteiger partial charge on any atom is 0.416 e. The molecular formula is C30H38F3N3O3. The van der Waals surface area contributed by atoms with E-state index in [0.29, 0.717) is 44.5 Å². The van der Waals surface area contributed by atoms with Crippen molar-refractivity contribution in [3.8, 4) is 0 Å². The molecule has 212 valence electrons. The minimum atomic E-state index is -4.43. The van der Waals surface area contributed by atoms with Gasteiger partial charge in [-0.05, 0) is 48.6 Å². The van der Waals surface area contributed by atoms with Gasteiger partial charge in [0.05, 0.1) is 12.1 Å². The smallest absolute Gasteiger partial charge is 0.385 e. The third kappa shape index (κ3) is 9.13. The Morgan fingerprint density at radius 1 is 0.923 bits per heavy atom. The van der Waals surface area contributed by atoms with Crippen LogP contribution in [0.4, 0.5) is 13.2 Å². The molecule has 2 amide bonds. The molecule has 39 heavy (non-hydrogen) atoms. The summed E-state index contributed by atoms with van der Waals surface area (Å²) in [5.41, 5.74) is 1.90. The first-order valence-corrected chi connectivity index (χ1v) is 13.5. The molecule has 0 atom stereocenters. The maximum atomic E-state index is 13.6. The van der Waals surface area contributed by atoms with E-state index in [1.165, 1.54) is 12.1 Å². The lowest BCUT2D eigenvalue weighted by Gasteiger charge is -2.28. The van der Waals surface area contributed by atoms with Crippen LogP contribution in [0.5, 0.6) is 0 Å². The SMILES string of the molecule is CCCCCC(=O)N(CCCOC)CC(=O)N(CCc1c[nH]c2ccccc12)Cc1ccc(C(F)(F)F)cc1. The average Bonchev–Trinajstić information content (AvgIpc) is 3.33. The standard InChI is InChI=1S/C30H38F3N3O3/c1-3-4-5-11-28(37)35(17-8-19-39-2)22-29(38)36(21-23-12-14-25(15-13-23)30(31,32)33)18-16-24-20-34-27-10-7-6-9-26(24)27/h6-7,9-10,12-15,20,34H,3-5,8,11,16-19,21-22H2,1-2H3. The molecule has 0 aliphatic rings. The third-order valence-corrected chi connectivity index (χ3v) is 6.78. The molecule has 0 radical (unpaired) electrons. The highest BCUT2D eigenvalue weighted by Crippen LogP contribution is 2.29. The number of benzene rings is 2. The Balaban J connectivity index is 1.78. The Hall–Kier alpha value is -3.33. The van der Waals surface area contributed by atoms with Crippen molar-refractivity contribution in [3.63, 3.8) is 0 Å². The summed E-state index contributed by atoms with van der Waals surface area (Å²) in [6, 6.07) is 12.8. The Labute approximate surface area is 228 Å². The van der Waals surface area contributed by atoms with E-state index in [2.05, 4.69) is 11.9 Å². The first-order chi connectivity index (χ1) is 18.7. The maximum absolute atomic E-state index is 13.6. The molecule has 0 saturated carbocycles. The fraction of sp³-hybridized carbons (Fsp3) is 0.467. The lowest BCUT2D eigenvalue weighted by molar-refractivity contribution is -0.141. The number of rotatable bonds is 15. The number of H-pyrrole nitrogens is 1. The second kappa shape index (κ2) is 14.7. The second-order valence-electron chi connectivity index (χ2n) is 9.74. The van der Waals surface area contributed by atoms with E-state index < -0.39 is 11.7 Å². The van der Waals surface area contributed by atoms with Crippen molar-refractivity contribution >= 4 is 22.7 Å². The van der Waals surface area contributed by atoms with Crippen LogP contribution < -0.4 is 0 Å². The van der Waals surface area contributed by atoms with Gasteiger partial charge in [-0.3, -0.25) is 9.59 Å². The van der Waals surface area contributed by atoms with Crippen molar-refractivity contribution in [3.05, 3.63) is 71.4 Å². The predicted octanol–water partition coefficient (Wildman–Crippen LogP) is 6.20. The van der Waals surface area contributed by atoms with Crippen LogP contribution >= 0.6 is 0 Å². The monoisotopic (exact) mass is 545 g/mol. The lowest BCUT2D eigenvalue weighted by atomic mass is 10.1. The summed E-state index contributed by atoms with van der Waals surface area (Å²) in [5, 5.41) is 1.06. The van der Waals surface area contributed by atoms with Crippen LogP contribution in [0.2, 0.25) is 0 Å². The second-order valence-corrected chi connectivity index (χ2v) is 9.74. The molecule has 1 heterocycles. The Bertz CT molecular complexity index is 1190. The number of hydrogen-bond acceptors (Lipinski definition) is 3. The van der Waals surface area contributed by atoms with Gasteiger partial charge >= 0.3 is 6.18 Å². The van der Waals surface area contributed by atoms with Gasteiger partial charge in [0.2, 0.25) is 11.8 Å². The summed E-state index contributed by atoms with van der Waals surface area (Å²) in [7, 11) is 1.59.